The zero-order valence-corrected chi connectivity index (χ0v) is 11.7. The molecule has 104 valence electrons. The topological polar surface area (TPSA) is 55.1 Å². The lowest BCUT2D eigenvalue weighted by atomic mass is 10.0. The molecule has 0 heterocycles. The van der Waals surface area contributed by atoms with Crippen molar-refractivity contribution >= 4 is 11.6 Å². The third kappa shape index (κ3) is 3.38. The Morgan fingerprint density at radius 1 is 1.10 bits per heavy atom. The van der Waals surface area contributed by atoms with E-state index >= 15 is 0 Å². The van der Waals surface area contributed by atoms with Crippen molar-refractivity contribution in [1.82, 2.24) is 5.32 Å². The molecule has 3 nitrogen and oxygen atoms in total. The first-order valence-corrected chi connectivity index (χ1v) is 6.92. The van der Waals surface area contributed by atoms with E-state index in [4.69, 9.17) is 5.73 Å². The third-order valence-electron chi connectivity index (χ3n) is 3.29. The lowest BCUT2D eigenvalue weighted by Gasteiger charge is -2.19. The van der Waals surface area contributed by atoms with E-state index in [1.165, 1.54) is 0 Å². The van der Waals surface area contributed by atoms with Crippen LogP contribution in [0.25, 0.3) is 0 Å². The zero-order valence-electron chi connectivity index (χ0n) is 11.7. The first kappa shape index (κ1) is 14.1. The number of nitrogens with one attached hydrogen (secondary N) is 1. The lowest BCUT2D eigenvalue weighted by molar-refractivity contribution is 0.0935. The second-order valence-electron chi connectivity index (χ2n) is 4.81. The molecule has 0 aliphatic carbocycles. The first-order chi connectivity index (χ1) is 9.72. The molecule has 2 aromatic carbocycles. The van der Waals surface area contributed by atoms with Crippen LogP contribution in [0.15, 0.2) is 54.6 Å². The van der Waals surface area contributed by atoms with E-state index in [0.717, 1.165) is 18.4 Å². The molecule has 1 amide bonds. The van der Waals surface area contributed by atoms with E-state index in [0.29, 0.717) is 11.3 Å². The van der Waals surface area contributed by atoms with E-state index in [2.05, 4.69) is 12.2 Å². The highest BCUT2D eigenvalue weighted by molar-refractivity contribution is 5.99. The maximum Gasteiger partial charge on any atom is 0.253 e. The number of carbonyl (C=O) groups is 1. The van der Waals surface area contributed by atoms with Gasteiger partial charge >= 0.3 is 0 Å². The van der Waals surface area contributed by atoms with Gasteiger partial charge in [-0.15, -0.1) is 0 Å². The molecule has 2 rings (SSSR count). The summed E-state index contributed by atoms with van der Waals surface area (Å²) in [5.74, 6) is -0.120. The Bertz CT molecular complexity index is 566. The number of hydrogen-bond donors (Lipinski definition) is 2. The van der Waals surface area contributed by atoms with Crippen molar-refractivity contribution in [2.75, 3.05) is 5.73 Å². The summed E-state index contributed by atoms with van der Waals surface area (Å²) in [5.41, 5.74) is 8.01. The molecule has 3 N–H and O–H groups in total. The number of hydrogen-bond acceptors (Lipinski definition) is 2. The molecule has 0 radical (unpaired) electrons. The van der Waals surface area contributed by atoms with Crippen LogP contribution in [0.4, 0.5) is 5.69 Å². The van der Waals surface area contributed by atoms with Crippen LogP contribution in [0.3, 0.4) is 0 Å². The molecular weight excluding hydrogens is 248 g/mol. The molecule has 0 aliphatic rings. The van der Waals surface area contributed by atoms with Crippen LogP contribution in [-0.4, -0.2) is 5.91 Å². The van der Waals surface area contributed by atoms with Crippen LogP contribution in [0, 0.1) is 0 Å². The van der Waals surface area contributed by atoms with E-state index in [-0.39, 0.29) is 11.9 Å². The third-order valence-corrected chi connectivity index (χ3v) is 3.29. The maximum atomic E-state index is 12.3. The van der Waals surface area contributed by atoms with Crippen LogP contribution in [0.2, 0.25) is 0 Å². The largest absolute Gasteiger partial charge is 0.398 e. The monoisotopic (exact) mass is 268 g/mol. The molecule has 1 atom stereocenters. The standard InChI is InChI=1S/C17H20N2O/c1-2-8-16(13-9-4-3-5-10-13)19-17(20)14-11-6-7-12-15(14)18/h3-7,9-12,16H,2,8,18H2,1H3,(H,19,20). The highest BCUT2D eigenvalue weighted by Crippen LogP contribution is 2.20. The summed E-state index contributed by atoms with van der Waals surface area (Å²) in [6, 6.07) is 17.2. The smallest absolute Gasteiger partial charge is 0.253 e. The average Bonchev–Trinajstić information content (AvgIpc) is 2.48. The van der Waals surface area contributed by atoms with E-state index in [1.807, 2.05) is 42.5 Å². The summed E-state index contributed by atoms with van der Waals surface area (Å²) in [6.45, 7) is 2.11. The number of carbonyl (C=O) groups excluding carboxylic acids is 1. The Morgan fingerprint density at radius 3 is 2.40 bits per heavy atom. The molecule has 3 heteroatoms. The summed E-state index contributed by atoms with van der Waals surface area (Å²) in [4.78, 5) is 12.3. The van der Waals surface area contributed by atoms with Gasteiger partial charge in [0.2, 0.25) is 0 Å². The highest BCUT2D eigenvalue weighted by atomic mass is 16.1. The summed E-state index contributed by atoms with van der Waals surface area (Å²) >= 11 is 0. The van der Waals surface area contributed by atoms with Gasteiger partial charge in [0.1, 0.15) is 0 Å². The number of nitrogen functional groups attached to an aromatic ring is 1. The van der Waals surface area contributed by atoms with Gasteiger partial charge in [-0.3, -0.25) is 4.79 Å². The first-order valence-electron chi connectivity index (χ1n) is 6.92. The number of anilines is 1. The van der Waals surface area contributed by atoms with Crippen LogP contribution in [0.5, 0.6) is 0 Å². The Kier molecular flexibility index (Phi) is 4.77. The molecule has 0 spiro atoms. The van der Waals surface area contributed by atoms with Crippen molar-refractivity contribution in [3.63, 3.8) is 0 Å². The predicted molar refractivity (Wildman–Crippen MR) is 82.4 cm³/mol. The summed E-state index contributed by atoms with van der Waals surface area (Å²) < 4.78 is 0. The number of benzene rings is 2. The molecule has 0 bridgehead atoms. The maximum absolute atomic E-state index is 12.3. The quantitative estimate of drug-likeness (QED) is 0.815. The number of amides is 1. The van der Waals surface area contributed by atoms with Crippen molar-refractivity contribution in [2.45, 2.75) is 25.8 Å². The Labute approximate surface area is 119 Å². The van der Waals surface area contributed by atoms with Gasteiger partial charge in [0.25, 0.3) is 5.91 Å². The number of nitrogens with two attached hydrogens (primary N) is 1. The van der Waals surface area contributed by atoms with Gasteiger partial charge in [0.15, 0.2) is 0 Å². The van der Waals surface area contributed by atoms with Crippen molar-refractivity contribution in [3.8, 4) is 0 Å². The van der Waals surface area contributed by atoms with Crippen molar-refractivity contribution < 1.29 is 4.79 Å². The average molecular weight is 268 g/mol. The van der Waals surface area contributed by atoms with Crippen molar-refractivity contribution in [2.24, 2.45) is 0 Å². The molecular formula is C17H20N2O. The van der Waals surface area contributed by atoms with Gasteiger partial charge in [-0.25, -0.2) is 0 Å². The molecule has 0 saturated carbocycles. The van der Waals surface area contributed by atoms with E-state index in [9.17, 15) is 4.79 Å². The van der Waals surface area contributed by atoms with Crippen LogP contribution < -0.4 is 11.1 Å². The minimum atomic E-state index is -0.120. The predicted octanol–water partition coefficient (Wildman–Crippen LogP) is 3.54. The van der Waals surface area contributed by atoms with Gasteiger partial charge in [-0.05, 0) is 24.1 Å². The van der Waals surface area contributed by atoms with E-state index in [1.54, 1.807) is 12.1 Å². The minimum absolute atomic E-state index is 0.0216. The van der Waals surface area contributed by atoms with Crippen LogP contribution >= 0.6 is 0 Å². The summed E-state index contributed by atoms with van der Waals surface area (Å²) in [7, 11) is 0. The lowest BCUT2D eigenvalue weighted by Crippen LogP contribution is -2.29. The molecule has 1 unspecified atom stereocenters. The molecule has 20 heavy (non-hydrogen) atoms. The molecule has 0 aromatic heterocycles. The second-order valence-corrected chi connectivity index (χ2v) is 4.81. The Hall–Kier alpha value is -2.29. The minimum Gasteiger partial charge on any atom is -0.398 e. The van der Waals surface area contributed by atoms with Gasteiger partial charge in [-0.1, -0.05) is 55.8 Å². The normalized spacial score (nSPS) is 11.8. The second kappa shape index (κ2) is 6.75. The van der Waals surface area contributed by atoms with Gasteiger partial charge in [0.05, 0.1) is 11.6 Å². The molecule has 0 aliphatic heterocycles. The molecule has 0 fully saturated rings. The van der Waals surface area contributed by atoms with Crippen molar-refractivity contribution in [1.29, 1.82) is 0 Å². The van der Waals surface area contributed by atoms with Crippen LogP contribution in [0.1, 0.15) is 41.7 Å². The number of para-hydroxylation sites is 1. The zero-order chi connectivity index (χ0) is 14.4. The van der Waals surface area contributed by atoms with Gasteiger partial charge in [0, 0.05) is 5.69 Å². The fourth-order valence-corrected chi connectivity index (χ4v) is 2.24. The SMILES string of the molecule is CCCC(NC(=O)c1ccccc1N)c1ccccc1. The van der Waals surface area contributed by atoms with E-state index < -0.39 is 0 Å². The molecule has 2 aromatic rings. The molecule has 0 saturated heterocycles. The Balaban J connectivity index is 2.17. The van der Waals surface area contributed by atoms with Gasteiger partial charge < -0.3 is 11.1 Å². The summed E-state index contributed by atoms with van der Waals surface area (Å²) in [6.07, 6.45) is 1.91. The van der Waals surface area contributed by atoms with Gasteiger partial charge in [-0.2, -0.15) is 0 Å². The fraction of sp³-hybridized carbons (Fsp3) is 0.235. The summed E-state index contributed by atoms with van der Waals surface area (Å²) in [5, 5.41) is 3.07. The number of rotatable bonds is 5. The van der Waals surface area contributed by atoms with Crippen molar-refractivity contribution in [3.05, 3.63) is 65.7 Å². The Morgan fingerprint density at radius 2 is 1.75 bits per heavy atom. The van der Waals surface area contributed by atoms with Crippen LogP contribution in [-0.2, 0) is 0 Å². The highest BCUT2D eigenvalue weighted by Gasteiger charge is 2.16. The fourth-order valence-electron chi connectivity index (χ4n) is 2.24.